The molecule has 2 aromatic rings. The first kappa shape index (κ1) is 15.5. The molecule has 0 aliphatic heterocycles. The van der Waals surface area contributed by atoms with Gasteiger partial charge in [0.05, 0.1) is 4.90 Å². The Kier molecular flexibility index (Phi) is 4.96. The van der Waals surface area contributed by atoms with Crippen LogP contribution in [0.25, 0.3) is 0 Å². The van der Waals surface area contributed by atoms with Gasteiger partial charge in [0, 0.05) is 23.7 Å². The monoisotopic (exact) mass is 321 g/mol. The molecule has 2 N–H and O–H groups in total. The zero-order valence-corrected chi connectivity index (χ0v) is 13.1. The van der Waals surface area contributed by atoms with Crippen LogP contribution in [-0.2, 0) is 16.6 Å². The minimum Gasteiger partial charge on any atom is -0.380 e. The van der Waals surface area contributed by atoms with Crippen molar-refractivity contribution in [3.8, 4) is 6.07 Å². The summed E-state index contributed by atoms with van der Waals surface area (Å²) in [5.41, 5.74) is 0.831. The van der Waals surface area contributed by atoms with Crippen LogP contribution >= 0.6 is 11.3 Å². The predicted octanol–water partition coefficient (Wildman–Crippen LogP) is 2.53. The van der Waals surface area contributed by atoms with Gasteiger partial charge in [-0.2, -0.15) is 5.26 Å². The summed E-state index contributed by atoms with van der Waals surface area (Å²) in [7, 11) is -3.41. The Bertz CT molecular complexity index is 743. The molecule has 21 heavy (non-hydrogen) atoms. The molecule has 1 aromatic carbocycles. The molecule has 0 radical (unpaired) electrons. The lowest BCUT2D eigenvalue weighted by atomic mass is 10.3. The van der Waals surface area contributed by atoms with E-state index in [9.17, 15) is 8.42 Å². The van der Waals surface area contributed by atoms with Crippen molar-refractivity contribution in [3.05, 3.63) is 46.2 Å². The van der Waals surface area contributed by atoms with Crippen LogP contribution < -0.4 is 10.0 Å². The molecular formula is C14H15N3O2S2. The Hall–Kier alpha value is -1.88. The highest BCUT2D eigenvalue weighted by Gasteiger charge is 2.11. The molecule has 7 heteroatoms. The first-order valence-corrected chi connectivity index (χ1v) is 8.67. The van der Waals surface area contributed by atoms with Crippen LogP contribution in [0.4, 0.5) is 5.69 Å². The van der Waals surface area contributed by atoms with E-state index in [4.69, 9.17) is 5.26 Å². The topological polar surface area (TPSA) is 82.0 Å². The molecule has 0 saturated heterocycles. The molecule has 0 fully saturated rings. The fraction of sp³-hybridized carbons (Fsp3) is 0.214. The van der Waals surface area contributed by atoms with Crippen molar-refractivity contribution in [2.75, 3.05) is 11.9 Å². The number of sulfonamides is 1. The van der Waals surface area contributed by atoms with Gasteiger partial charge in [-0.1, -0.05) is 6.92 Å². The van der Waals surface area contributed by atoms with E-state index in [2.05, 4.69) is 16.1 Å². The van der Waals surface area contributed by atoms with Crippen LogP contribution in [0, 0.1) is 11.3 Å². The Morgan fingerprint density at radius 2 is 1.90 bits per heavy atom. The van der Waals surface area contributed by atoms with E-state index < -0.39 is 10.0 Å². The summed E-state index contributed by atoms with van der Waals surface area (Å²) in [6.45, 7) is 2.71. The molecule has 0 aliphatic rings. The van der Waals surface area contributed by atoms with E-state index >= 15 is 0 Å². The van der Waals surface area contributed by atoms with Crippen molar-refractivity contribution in [2.24, 2.45) is 0 Å². The van der Waals surface area contributed by atoms with E-state index in [1.54, 1.807) is 37.3 Å². The van der Waals surface area contributed by atoms with Gasteiger partial charge < -0.3 is 5.32 Å². The zero-order valence-electron chi connectivity index (χ0n) is 11.5. The molecule has 1 aromatic heterocycles. The van der Waals surface area contributed by atoms with Gasteiger partial charge >= 0.3 is 0 Å². The Morgan fingerprint density at radius 3 is 2.48 bits per heavy atom. The van der Waals surface area contributed by atoms with Gasteiger partial charge in [-0.15, -0.1) is 11.3 Å². The van der Waals surface area contributed by atoms with E-state index in [-0.39, 0.29) is 4.90 Å². The summed E-state index contributed by atoms with van der Waals surface area (Å²) in [5, 5.41) is 12.0. The van der Waals surface area contributed by atoms with Gasteiger partial charge in [0.2, 0.25) is 10.0 Å². The second-order valence-corrected chi connectivity index (χ2v) is 7.19. The maximum absolute atomic E-state index is 11.8. The second-order valence-electron chi connectivity index (χ2n) is 4.26. The fourth-order valence-corrected chi connectivity index (χ4v) is 3.53. The summed E-state index contributed by atoms with van der Waals surface area (Å²) >= 11 is 1.44. The Morgan fingerprint density at radius 1 is 1.19 bits per heavy atom. The normalized spacial score (nSPS) is 11.0. The zero-order chi connectivity index (χ0) is 15.3. The standard InChI is InChI=1S/C14H15N3O2S2/c1-2-17-21(18,19)14-7-3-11(4-8-14)16-10-13-6-5-12(9-15)20-13/h3-8,16-17H,2,10H2,1H3. The third-order valence-electron chi connectivity index (χ3n) is 2.74. The lowest BCUT2D eigenvalue weighted by Gasteiger charge is -2.07. The number of rotatable bonds is 6. The first-order valence-electron chi connectivity index (χ1n) is 6.37. The van der Waals surface area contributed by atoms with Crippen molar-refractivity contribution < 1.29 is 8.42 Å². The van der Waals surface area contributed by atoms with Gasteiger partial charge in [0.25, 0.3) is 0 Å². The lowest BCUT2D eigenvalue weighted by Crippen LogP contribution is -2.23. The number of hydrogen-bond acceptors (Lipinski definition) is 5. The molecule has 110 valence electrons. The summed E-state index contributed by atoms with van der Waals surface area (Å²) < 4.78 is 26.0. The average Bonchev–Trinajstić information content (AvgIpc) is 2.93. The molecule has 0 atom stereocenters. The SMILES string of the molecule is CCNS(=O)(=O)c1ccc(NCc2ccc(C#N)s2)cc1. The van der Waals surface area contributed by atoms with Crippen molar-refractivity contribution in [1.29, 1.82) is 5.26 Å². The number of nitrogens with one attached hydrogen (secondary N) is 2. The number of nitrogens with zero attached hydrogens (tertiary/aromatic N) is 1. The average molecular weight is 321 g/mol. The highest BCUT2D eigenvalue weighted by Crippen LogP contribution is 2.18. The summed E-state index contributed by atoms with van der Waals surface area (Å²) in [6.07, 6.45) is 0. The van der Waals surface area contributed by atoms with Crippen LogP contribution in [0.3, 0.4) is 0 Å². The van der Waals surface area contributed by atoms with E-state index in [0.29, 0.717) is 18.0 Å². The predicted molar refractivity (Wildman–Crippen MR) is 83.7 cm³/mol. The molecule has 0 saturated carbocycles. The number of anilines is 1. The number of nitriles is 1. The molecular weight excluding hydrogens is 306 g/mol. The Labute approximate surface area is 128 Å². The lowest BCUT2D eigenvalue weighted by molar-refractivity contribution is 0.584. The van der Waals surface area contributed by atoms with Crippen molar-refractivity contribution >= 4 is 27.0 Å². The molecule has 0 amide bonds. The van der Waals surface area contributed by atoms with Gasteiger partial charge in [0.15, 0.2) is 0 Å². The van der Waals surface area contributed by atoms with Gasteiger partial charge in [0.1, 0.15) is 10.9 Å². The molecule has 1 heterocycles. The number of thiophene rings is 1. The minimum absolute atomic E-state index is 0.248. The van der Waals surface area contributed by atoms with E-state index in [1.807, 2.05) is 6.07 Å². The minimum atomic E-state index is -3.41. The van der Waals surface area contributed by atoms with Crippen molar-refractivity contribution in [1.82, 2.24) is 4.72 Å². The van der Waals surface area contributed by atoms with Crippen LogP contribution in [-0.4, -0.2) is 15.0 Å². The number of benzene rings is 1. The van der Waals surface area contributed by atoms with E-state index in [1.165, 1.54) is 11.3 Å². The maximum Gasteiger partial charge on any atom is 0.240 e. The second kappa shape index (κ2) is 6.72. The van der Waals surface area contributed by atoms with Crippen molar-refractivity contribution in [2.45, 2.75) is 18.4 Å². The highest BCUT2D eigenvalue weighted by atomic mass is 32.2. The molecule has 5 nitrogen and oxygen atoms in total. The van der Waals surface area contributed by atoms with Gasteiger partial charge in [-0.3, -0.25) is 0 Å². The summed E-state index contributed by atoms with van der Waals surface area (Å²) in [6, 6.07) is 12.4. The molecule has 0 unspecified atom stereocenters. The smallest absolute Gasteiger partial charge is 0.240 e. The third-order valence-corrected chi connectivity index (χ3v) is 5.29. The molecule has 2 rings (SSSR count). The third kappa shape index (κ3) is 4.04. The molecule has 0 spiro atoms. The molecule has 0 bridgehead atoms. The summed E-state index contributed by atoms with van der Waals surface area (Å²) in [5.74, 6) is 0. The fourth-order valence-electron chi connectivity index (χ4n) is 1.75. The first-order chi connectivity index (χ1) is 10.0. The largest absolute Gasteiger partial charge is 0.380 e. The highest BCUT2D eigenvalue weighted by molar-refractivity contribution is 7.89. The maximum atomic E-state index is 11.8. The van der Waals surface area contributed by atoms with Crippen LogP contribution in [0.15, 0.2) is 41.3 Å². The van der Waals surface area contributed by atoms with Crippen LogP contribution in [0.1, 0.15) is 16.7 Å². The Balaban J connectivity index is 2.01. The number of hydrogen-bond donors (Lipinski definition) is 2. The van der Waals surface area contributed by atoms with Crippen LogP contribution in [0.2, 0.25) is 0 Å². The van der Waals surface area contributed by atoms with Gasteiger partial charge in [-0.05, 0) is 36.4 Å². The van der Waals surface area contributed by atoms with E-state index in [0.717, 1.165) is 10.6 Å². The molecule has 0 aliphatic carbocycles. The summed E-state index contributed by atoms with van der Waals surface area (Å²) in [4.78, 5) is 1.98. The van der Waals surface area contributed by atoms with Crippen LogP contribution in [0.5, 0.6) is 0 Å². The van der Waals surface area contributed by atoms with Crippen molar-refractivity contribution in [3.63, 3.8) is 0 Å². The van der Waals surface area contributed by atoms with Gasteiger partial charge in [-0.25, -0.2) is 13.1 Å². The quantitative estimate of drug-likeness (QED) is 0.856.